The first-order valence-electron chi connectivity index (χ1n) is 15.1. The quantitative estimate of drug-likeness (QED) is 0.349. The lowest BCUT2D eigenvalue weighted by molar-refractivity contribution is -0.149. The molecule has 228 valence electrons. The van der Waals surface area contributed by atoms with E-state index in [0.717, 1.165) is 32.1 Å². The van der Waals surface area contributed by atoms with Gasteiger partial charge in [0.05, 0.1) is 29.0 Å². The van der Waals surface area contributed by atoms with Crippen molar-refractivity contribution in [2.75, 3.05) is 24.5 Å². The minimum atomic E-state index is -0.936. The molecule has 1 heterocycles. The molecule has 8 nitrogen and oxygen atoms in total. The number of nitrogens with zero attached hydrogens (tertiary/aromatic N) is 2. The zero-order valence-electron chi connectivity index (χ0n) is 24.7. The molecule has 1 aliphatic heterocycles. The topological polar surface area (TPSA) is 119 Å². The van der Waals surface area contributed by atoms with Gasteiger partial charge >= 0.3 is 0 Å². The van der Waals surface area contributed by atoms with Crippen molar-refractivity contribution in [3.8, 4) is 0 Å². The number of anilines is 1. The van der Waals surface area contributed by atoms with E-state index in [9.17, 15) is 24.2 Å². The van der Waals surface area contributed by atoms with Gasteiger partial charge in [0.2, 0.25) is 11.8 Å². The number of piperazine rings is 1. The number of halogens is 2. The third-order valence-corrected chi connectivity index (χ3v) is 10.7. The lowest BCUT2D eigenvalue weighted by atomic mass is 9.52. The summed E-state index contributed by atoms with van der Waals surface area (Å²) in [6.07, 6.45) is 3.85. The standard InChI is InChI=1S/C31H46ClFN4O4/c1-17(2)22(29(40)35-28-19-7-18-8-20(28)13-31(41,11-18)12-19)10-26(38)24(34)14-36-15-27(39)37(16-30(36,3)4)25-9-21(33)5-6-23(25)32/h5-6,9,17-20,22,24,26,28,38,41H,7-8,10-16,34H2,1-4H3,(H,35,40)/t18?,19?,20?,22-,24-,26-,28?,31?/m0/s1. The van der Waals surface area contributed by atoms with Crippen LogP contribution in [-0.2, 0) is 9.59 Å². The molecule has 5 atom stereocenters. The van der Waals surface area contributed by atoms with Crippen molar-refractivity contribution in [1.29, 1.82) is 0 Å². The van der Waals surface area contributed by atoms with E-state index >= 15 is 0 Å². The van der Waals surface area contributed by atoms with Gasteiger partial charge in [-0.25, -0.2) is 4.39 Å². The highest BCUT2D eigenvalue weighted by molar-refractivity contribution is 6.33. The predicted molar refractivity (Wildman–Crippen MR) is 157 cm³/mol. The van der Waals surface area contributed by atoms with Crippen LogP contribution in [0.4, 0.5) is 10.1 Å². The van der Waals surface area contributed by atoms with Crippen molar-refractivity contribution >= 4 is 29.1 Å². The highest BCUT2D eigenvalue weighted by atomic mass is 35.5. The van der Waals surface area contributed by atoms with Gasteiger partial charge < -0.3 is 26.2 Å². The van der Waals surface area contributed by atoms with Crippen molar-refractivity contribution in [3.05, 3.63) is 29.0 Å². The summed E-state index contributed by atoms with van der Waals surface area (Å²) in [6, 6.07) is 3.38. The number of carbonyl (C=O) groups is 2. The molecule has 41 heavy (non-hydrogen) atoms. The van der Waals surface area contributed by atoms with Crippen LogP contribution in [0.5, 0.6) is 0 Å². The molecule has 2 amide bonds. The fourth-order valence-electron chi connectivity index (χ4n) is 8.24. The lowest BCUT2D eigenvalue weighted by Crippen LogP contribution is -2.64. The normalized spacial score (nSPS) is 33.2. The van der Waals surface area contributed by atoms with Crippen molar-refractivity contribution in [3.63, 3.8) is 0 Å². The van der Waals surface area contributed by atoms with E-state index in [2.05, 4.69) is 5.32 Å². The Morgan fingerprint density at radius 1 is 1.22 bits per heavy atom. The smallest absolute Gasteiger partial charge is 0.241 e. The Kier molecular flexibility index (Phi) is 8.51. The Bertz CT molecular complexity index is 1150. The summed E-state index contributed by atoms with van der Waals surface area (Å²) in [4.78, 5) is 30.1. The van der Waals surface area contributed by atoms with Crippen LogP contribution >= 0.6 is 11.6 Å². The Morgan fingerprint density at radius 3 is 2.49 bits per heavy atom. The van der Waals surface area contributed by atoms with E-state index in [-0.39, 0.29) is 49.8 Å². The van der Waals surface area contributed by atoms with E-state index in [1.807, 2.05) is 32.6 Å². The highest BCUT2D eigenvalue weighted by Crippen LogP contribution is 2.55. The summed E-state index contributed by atoms with van der Waals surface area (Å²) in [5, 5.41) is 25.7. The molecule has 5 N–H and O–H groups in total. The molecule has 0 aromatic heterocycles. The monoisotopic (exact) mass is 592 g/mol. The number of amides is 2. The Labute approximate surface area is 247 Å². The Hall–Kier alpha value is -1.78. The average Bonchev–Trinajstić information content (AvgIpc) is 2.86. The van der Waals surface area contributed by atoms with Crippen LogP contribution in [-0.4, -0.2) is 75.9 Å². The highest BCUT2D eigenvalue weighted by Gasteiger charge is 2.55. The van der Waals surface area contributed by atoms with Gasteiger partial charge in [0.1, 0.15) is 5.82 Å². The third-order valence-electron chi connectivity index (χ3n) is 10.3. The summed E-state index contributed by atoms with van der Waals surface area (Å²) >= 11 is 6.28. The summed E-state index contributed by atoms with van der Waals surface area (Å²) in [7, 11) is 0. The molecule has 1 aromatic carbocycles. The molecule has 1 aromatic rings. The van der Waals surface area contributed by atoms with Crippen molar-refractivity contribution < 1.29 is 24.2 Å². The summed E-state index contributed by atoms with van der Waals surface area (Å²) in [5.41, 5.74) is 5.77. The second-order valence-corrected chi connectivity index (χ2v) is 14.7. The fourth-order valence-corrected chi connectivity index (χ4v) is 8.46. The van der Waals surface area contributed by atoms with Gasteiger partial charge in [-0.3, -0.25) is 14.5 Å². The molecule has 4 aliphatic carbocycles. The van der Waals surface area contributed by atoms with E-state index in [4.69, 9.17) is 17.3 Å². The maximum absolute atomic E-state index is 13.9. The van der Waals surface area contributed by atoms with Crippen LogP contribution in [0.25, 0.3) is 0 Å². The second-order valence-electron chi connectivity index (χ2n) is 14.3. The van der Waals surface area contributed by atoms with E-state index in [1.54, 1.807) is 0 Å². The molecule has 6 rings (SSSR count). The summed E-state index contributed by atoms with van der Waals surface area (Å²) in [5.74, 6) is 0.0624. The molecule has 5 fully saturated rings. The van der Waals surface area contributed by atoms with Gasteiger partial charge in [-0.2, -0.15) is 0 Å². The van der Waals surface area contributed by atoms with Crippen LogP contribution in [0.2, 0.25) is 5.02 Å². The van der Waals surface area contributed by atoms with Gasteiger partial charge in [0.15, 0.2) is 0 Å². The zero-order valence-corrected chi connectivity index (χ0v) is 25.4. The second kappa shape index (κ2) is 11.4. The minimum absolute atomic E-state index is 0.00967. The number of aliphatic hydroxyl groups excluding tert-OH is 1. The number of nitrogens with two attached hydrogens (primary N) is 1. The molecular weight excluding hydrogens is 547 g/mol. The molecule has 4 saturated carbocycles. The molecule has 5 aliphatic rings. The number of rotatable bonds is 9. The maximum atomic E-state index is 13.9. The van der Waals surface area contributed by atoms with Crippen molar-refractivity contribution in [2.24, 2.45) is 35.3 Å². The van der Waals surface area contributed by atoms with Crippen LogP contribution in [0.1, 0.15) is 66.2 Å². The number of benzene rings is 1. The number of nitrogens with one attached hydrogen (secondary N) is 1. The number of hydrogen-bond donors (Lipinski definition) is 4. The Balaban J connectivity index is 1.19. The molecule has 0 radical (unpaired) electrons. The van der Waals surface area contributed by atoms with Crippen LogP contribution < -0.4 is 16.0 Å². The molecule has 1 saturated heterocycles. The summed E-state index contributed by atoms with van der Waals surface area (Å²) < 4.78 is 13.9. The van der Waals surface area contributed by atoms with Crippen LogP contribution in [0, 0.1) is 35.4 Å². The first-order valence-corrected chi connectivity index (χ1v) is 15.5. The van der Waals surface area contributed by atoms with E-state index < -0.39 is 35.0 Å². The maximum Gasteiger partial charge on any atom is 0.241 e. The van der Waals surface area contributed by atoms with Gasteiger partial charge in [-0.15, -0.1) is 0 Å². The Morgan fingerprint density at radius 2 is 1.88 bits per heavy atom. The average molecular weight is 593 g/mol. The molecular formula is C31H46ClFN4O4. The van der Waals surface area contributed by atoms with E-state index in [0.29, 0.717) is 28.5 Å². The van der Waals surface area contributed by atoms with Gasteiger partial charge in [-0.05, 0) is 94.2 Å². The first kappa shape index (κ1) is 30.7. The fraction of sp³-hybridized carbons (Fsp3) is 0.742. The van der Waals surface area contributed by atoms with Gasteiger partial charge in [0.25, 0.3) is 0 Å². The molecule has 0 spiro atoms. The zero-order chi connectivity index (χ0) is 29.9. The van der Waals surface area contributed by atoms with Crippen molar-refractivity contribution in [2.45, 2.75) is 95.5 Å². The van der Waals surface area contributed by atoms with Crippen LogP contribution in [0.3, 0.4) is 0 Å². The largest absolute Gasteiger partial charge is 0.391 e. The number of carbonyl (C=O) groups excluding carboxylic acids is 2. The van der Waals surface area contributed by atoms with Crippen molar-refractivity contribution in [1.82, 2.24) is 10.2 Å². The lowest BCUT2D eigenvalue weighted by Gasteiger charge is -2.58. The molecule has 4 bridgehead atoms. The summed E-state index contributed by atoms with van der Waals surface area (Å²) in [6.45, 7) is 8.53. The first-order chi connectivity index (χ1) is 19.2. The SMILES string of the molecule is CC(C)[C@H](C[C@H](O)[C@@H](N)CN1CC(=O)N(c2cc(F)ccc2Cl)CC1(C)C)C(=O)NC1C2CC3CC1CC(O)(C3)C2. The molecule has 2 unspecified atom stereocenters. The predicted octanol–water partition coefficient (Wildman–Crippen LogP) is 3.31. The third kappa shape index (κ3) is 6.30. The van der Waals surface area contributed by atoms with E-state index in [1.165, 1.54) is 23.1 Å². The molecule has 10 heteroatoms. The van der Waals surface area contributed by atoms with Crippen LogP contribution in [0.15, 0.2) is 18.2 Å². The van der Waals surface area contributed by atoms with Gasteiger partial charge in [-0.1, -0.05) is 25.4 Å². The number of aliphatic hydroxyl groups is 2. The van der Waals surface area contributed by atoms with Gasteiger partial charge in [0, 0.05) is 36.6 Å². The minimum Gasteiger partial charge on any atom is -0.391 e. The number of hydrogen-bond acceptors (Lipinski definition) is 6.